The van der Waals surface area contributed by atoms with Crippen molar-refractivity contribution in [2.75, 3.05) is 0 Å². The van der Waals surface area contributed by atoms with E-state index in [9.17, 15) is 52.7 Å². The lowest BCUT2D eigenvalue weighted by molar-refractivity contribution is -0.144. The van der Waals surface area contributed by atoms with Gasteiger partial charge in [-0.1, -0.05) is 0 Å². The highest BCUT2D eigenvalue weighted by Gasteiger charge is 2.38. The van der Waals surface area contributed by atoms with Crippen molar-refractivity contribution in [1.82, 2.24) is 0 Å². The molecule has 2 rings (SSSR count). The fourth-order valence-corrected chi connectivity index (χ4v) is 2.48. The van der Waals surface area contributed by atoms with Gasteiger partial charge in [0.05, 0.1) is 22.3 Å². The van der Waals surface area contributed by atoms with E-state index >= 15 is 0 Å². The highest BCUT2D eigenvalue weighted by atomic mass is 19.4. The second-order valence-electron chi connectivity index (χ2n) is 6.01. The van der Waals surface area contributed by atoms with Crippen molar-refractivity contribution >= 4 is 0 Å². The molecule has 0 saturated heterocycles. The Morgan fingerprint density at radius 3 is 0.759 bits per heavy atom. The minimum Gasteiger partial charge on any atom is -0.166 e. The first kappa shape index (κ1) is 22.9. The van der Waals surface area contributed by atoms with Gasteiger partial charge in [-0.15, -0.1) is 0 Å². The Bertz CT molecular complexity index is 743. The van der Waals surface area contributed by atoms with E-state index in [1.54, 1.807) is 0 Å². The number of alkyl halides is 12. The van der Waals surface area contributed by atoms with Crippen molar-refractivity contribution in [1.29, 1.82) is 0 Å². The zero-order chi connectivity index (χ0) is 22.4. The maximum atomic E-state index is 12.9. The Hall–Kier alpha value is -2.40. The molecule has 0 bridgehead atoms. The van der Waals surface area contributed by atoms with E-state index in [4.69, 9.17) is 0 Å². The van der Waals surface area contributed by atoms with Gasteiger partial charge < -0.3 is 0 Å². The van der Waals surface area contributed by atoms with E-state index in [-0.39, 0.29) is 36.4 Å². The SMILES string of the molecule is FC(F)(F)c1cc(Cc2cc(C(F)(F)F)cc(C(F)(F)F)c2)cc(C(F)(F)F)c1. The van der Waals surface area contributed by atoms with Gasteiger partial charge in [-0.05, 0) is 53.9 Å². The van der Waals surface area contributed by atoms with Crippen molar-refractivity contribution in [3.8, 4) is 0 Å². The fraction of sp³-hybridized carbons (Fsp3) is 0.294. The molecule has 0 unspecified atom stereocenters. The third kappa shape index (κ3) is 5.80. The van der Waals surface area contributed by atoms with Gasteiger partial charge in [0.1, 0.15) is 0 Å². The minimum absolute atomic E-state index is 0.198. The molecule has 0 aliphatic rings. The molecule has 29 heavy (non-hydrogen) atoms. The van der Waals surface area contributed by atoms with Crippen molar-refractivity contribution in [3.63, 3.8) is 0 Å². The first-order valence-electron chi connectivity index (χ1n) is 7.44. The van der Waals surface area contributed by atoms with Gasteiger partial charge in [-0.2, -0.15) is 52.7 Å². The third-order valence-electron chi connectivity index (χ3n) is 3.70. The van der Waals surface area contributed by atoms with Crippen LogP contribution in [0.1, 0.15) is 33.4 Å². The Morgan fingerprint density at radius 1 is 0.379 bits per heavy atom. The smallest absolute Gasteiger partial charge is 0.166 e. The summed E-state index contributed by atoms with van der Waals surface area (Å²) in [5, 5.41) is 0. The number of benzene rings is 2. The maximum Gasteiger partial charge on any atom is 0.416 e. The highest BCUT2D eigenvalue weighted by Crippen LogP contribution is 2.39. The van der Waals surface area contributed by atoms with Gasteiger partial charge in [-0.25, -0.2) is 0 Å². The lowest BCUT2D eigenvalue weighted by Crippen LogP contribution is -2.13. The minimum atomic E-state index is -5.21. The van der Waals surface area contributed by atoms with Crippen LogP contribution in [0.4, 0.5) is 52.7 Å². The largest absolute Gasteiger partial charge is 0.416 e. The molecule has 0 spiro atoms. The van der Waals surface area contributed by atoms with Crippen LogP contribution in [-0.4, -0.2) is 0 Å². The summed E-state index contributed by atoms with van der Waals surface area (Å²) in [6.07, 6.45) is -21.8. The van der Waals surface area contributed by atoms with E-state index in [2.05, 4.69) is 0 Å². The van der Waals surface area contributed by atoms with E-state index in [1.807, 2.05) is 0 Å². The average Bonchev–Trinajstić information content (AvgIpc) is 2.51. The Labute approximate surface area is 154 Å². The Morgan fingerprint density at radius 2 is 0.586 bits per heavy atom. The van der Waals surface area contributed by atoms with Crippen LogP contribution in [0, 0.1) is 0 Å². The molecule has 12 heteroatoms. The van der Waals surface area contributed by atoms with Crippen LogP contribution in [0.2, 0.25) is 0 Å². The van der Waals surface area contributed by atoms with Gasteiger partial charge in [0.2, 0.25) is 0 Å². The lowest BCUT2D eigenvalue weighted by Gasteiger charge is -2.16. The zero-order valence-corrected chi connectivity index (χ0v) is 13.7. The maximum absolute atomic E-state index is 12.9. The summed E-state index contributed by atoms with van der Waals surface area (Å²) < 4.78 is 154. The molecule has 0 saturated carbocycles. The van der Waals surface area contributed by atoms with Crippen LogP contribution in [0.15, 0.2) is 36.4 Å². The van der Waals surface area contributed by atoms with Crippen LogP contribution < -0.4 is 0 Å². The summed E-state index contributed by atoms with van der Waals surface area (Å²) in [4.78, 5) is 0. The van der Waals surface area contributed by atoms with Crippen LogP contribution >= 0.6 is 0 Å². The summed E-state index contributed by atoms with van der Waals surface area (Å²) >= 11 is 0. The first-order chi connectivity index (χ1) is 12.9. The van der Waals surface area contributed by atoms with E-state index in [1.165, 1.54) is 0 Å². The average molecular weight is 440 g/mol. The van der Waals surface area contributed by atoms with Crippen molar-refractivity contribution in [2.24, 2.45) is 0 Å². The normalized spacial score (nSPS) is 13.7. The second kappa shape index (κ2) is 7.13. The molecule has 0 fully saturated rings. The topological polar surface area (TPSA) is 0 Å². The lowest BCUT2D eigenvalue weighted by atomic mass is 9.96. The van der Waals surface area contributed by atoms with Gasteiger partial charge in [0, 0.05) is 0 Å². The summed E-state index contributed by atoms with van der Waals surface area (Å²) in [6.45, 7) is 0. The van der Waals surface area contributed by atoms with Gasteiger partial charge in [0.15, 0.2) is 0 Å². The molecule has 0 amide bonds. The fourth-order valence-electron chi connectivity index (χ4n) is 2.48. The van der Waals surface area contributed by atoms with E-state index in [0.717, 1.165) is 0 Å². The molecular weight excluding hydrogens is 432 g/mol. The molecule has 0 aromatic heterocycles. The quantitative estimate of drug-likeness (QED) is 0.429. The van der Waals surface area contributed by atoms with Crippen LogP contribution in [0.5, 0.6) is 0 Å². The number of halogens is 12. The third-order valence-corrected chi connectivity index (χ3v) is 3.70. The molecule has 0 heterocycles. The molecule has 2 aromatic rings. The van der Waals surface area contributed by atoms with Crippen molar-refractivity contribution in [2.45, 2.75) is 31.1 Å². The molecule has 0 radical (unpaired) electrons. The summed E-state index contributed by atoms with van der Waals surface area (Å²) in [5.74, 6) is 0. The molecule has 0 nitrogen and oxygen atoms in total. The second-order valence-corrected chi connectivity index (χ2v) is 6.01. The Kier molecular flexibility index (Phi) is 5.63. The number of hydrogen-bond acceptors (Lipinski definition) is 0. The van der Waals surface area contributed by atoms with Gasteiger partial charge in [-0.3, -0.25) is 0 Å². The Balaban J connectivity index is 2.61. The summed E-state index contributed by atoms with van der Waals surface area (Å²) in [7, 11) is 0. The number of rotatable bonds is 2. The van der Waals surface area contributed by atoms with E-state index < -0.39 is 64.5 Å². The monoisotopic (exact) mass is 440 g/mol. The van der Waals surface area contributed by atoms with Crippen molar-refractivity contribution in [3.05, 3.63) is 69.8 Å². The molecule has 0 aliphatic carbocycles. The van der Waals surface area contributed by atoms with Crippen LogP contribution in [0.25, 0.3) is 0 Å². The molecule has 0 atom stereocenters. The van der Waals surface area contributed by atoms with Crippen LogP contribution in [-0.2, 0) is 31.1 Å². The first-order valence-corrected chi connectivity index (χ1v) is 7.44. The predicted octanol–water partition coefficient (Wildman–Crippen LogP) is 7.35. The predicted molar refractivity (Wildman–Crippen MR) is 75.7 cm³/mol. The molecule has 160 valence electrons. The highest BCUT2D eigenvalue weighted by molar-refractivity contribution is 5.40. The number of hydrogen-bond donors (Lipinski definition) is 0. The van der Waals surface area contributed by atoms with Crippen LogP contribution in [0.3, 0.4) is 0 Å². The molecule has 0 N–H and O–H groups in total. The van der Waals surface area contributed by atoms with Gasteiger partial charge in [0.25, 0.3) is 0 Å². The zero-order valence-electron chi connectivity index (χ0n) is 13.7. The van der Waals surface area contributed by atoms with E-state index in [0.29, 0.717) is 0 Å². The summed E-state index contributed by atoms with van der Waals surface area (Å²) in [6, 6.07) is 0.560. The summed E-state index contributed by atoms with van der Waals surface area (Å²) in [5.41, 5.74) is -8.43. The molecule has 2 aromatic carbocycles. The molecule has 0 aliphatic heterocycles. The standard InChI is InChI=1S/C17H8F12/c18-14(19,20)10-2-8(3-11(6-10)15(21,22)23)1-9-4-12(16(24,25)26)7-13(5-9)17(27,28)29/h2-7H,1H2. The van der Waals surface area contributed by atoms with Crippen molar-refractivity contribution < 1.29 is 52.7 Å². The van der Waals surface area contributed by atoms with Gasteiger partial charge >= 0.3 is 24.7 Å². The molecular formula is C17H8F12.